The van der Waals surface area contributed by atoms with Crippen molar-refractivity contribution in [2.45, 2.75) is 51.0 Å². The molecule has 2 aliphatic rings. The Morgan fingerprint density at radius 3 is 2.83 bits per heavy atom. The monoisotopic (exact) mass is 254 g/mol. The van der Waals surface area contributed by atoms with Crippen molar-refractivity contribution in [2.75, 3.05) is 19.7 Å². The molecule has 0 aromatic rings. The molecule has 1 saturated carbocycles. The van der Waals surface area contributed by atoms with Crippen molar-refractivity contribution in [3.8, 4) is 0 Å². The molecule has 1 amide bonds. The van der Waals surface area contributed by atoms with Crippen LogP contribution in [0.3, 0.4) is 0 Å². The summed E-state index contributed by atoms with van der Waals surface area (Å²) in [5.74, 6) is 0.958. The van der Waals surface area contributed by atoms with Crippen molar-refractivity contribution in [2.24, 2.45) is 17.6 Å². The average molecular weight is 254 g/mol. The molecule has 2 rings (SSSR count). The van der Waals surface area contributed by atoms with Crippen LogP contribution in [0.15, 0.2) is 0 Å². The van der Waals surface area contributed by atoms with Gasteiger partial charge in [0.25, 0.3) is 0 Å². The minimum atomic E-state index is 0.154. The summed E-state index contributed by atoms with van der Waals surface area (Å²) in [5, 5.41) is 9.01. The van der Waals surface area contributed by atoms with Crippen LogP contribution in [0.5, 0.6) is 0 Å². The van der Waals surface area contributed by atoms with Crippen LogP contribution in [-0.2, 0) is 4.79 Å². The molecule has 1 saturated heterocycles. The average Bonchev–Trinajstić information content (AvgIpc) is 2.39. The van der Waals surface area contributed by atoms with Crippen molar-refractivity contribution in [1.29, 1.82) is 0 Å². The van der Waals surface area contributed by atoms with Gasteiger partial charge in [0.15, 0.2) is 0 Å². The second-order valence-corrected chi connectivity index (χ2v) is 5.93. The number of aliphatic hydroxyl groups is 1. The zero-order valence-corrected chi connectivity index (χ0v) is 11.2. The van der Waals surface area contributed by atoms with Gasteiger partial charge in [-0.25, -0.2) is 0 Å². The van der Waals surface area contributed by atoms with E-state index in [0.717, 1.165) is 58.0 Å². The van der Waals surface area contributed by atoms with E-state index < -0.39 is 0 Å². The summed E-state index contributed by atoms with van der Waals surface area (Å²) in [5.41, 5.74) is 5.96. The molecule has 3 N–H and O–H groups in total. The third-order valence-electron chi connectivity index (χ3n) is 4.43. The number of carbonyl (C=O) groups is 1. The molecule has 0 aromatic heterocycles. The largest absolute Gasteiger partial charge is 0.396 e. The maximum atomic E-state index is 12.5. The first-order valence-electron chi connectivity index (χ1n) is 7.36. The molecule has 0 aromatic carbocycles. The van der Waals surface area contributed by atoms with Crippen molar-refractivity contribution in [1.82, 2.24) is 4.90 Å². The summed E-state index contributed by atoms with van der Waals surface area (Å²) in [7, 11) is 0. The fourth-order valence-electron chi connectivity index (χ4n) is 3.39. The molecule has 4 heteroatoms. The molecular formula is C14H26N2O2. The second-order valence-electron chi connectivity index (χ2n) is 5.93. The van der Waals surface area contributed by atoms with Crippen LogP contribution in [0.4, 0.5) is 0 Å². The lowest BCUT2D eigenvalue weighted by Crippen LogP contribution is -2.45. The number of likely N-dealkylation sites (tertiary alicyclic amines) is 1. The normalized spacial score (nSPS) is 33.4. The van der Waals surface area contributed by atoms with Gasteiger partial charge in [-0.2, -0.15) is 0 Å². The summed E-state index contributed by atoms with van der Waals surface area (Å²) < 4.78 is 0. The highest BCUT2D eigenvalue weighted by Crippen LogP contribution is 2.27. The van der Waals surface area contributed by atoms with Crippen LogP contribution in [-0.4, -0.2) is 41.7 Å². The highest BCUT2D eigenvalue weighted by Gasteiger charge is 2.31. The highest BCUT2D eigenvalue weighted by molar-refractivity contribution is 5.79. The van der Waals surface area contributed by atoms with E-state index in [9.17, 15) is 4.79 Å². The summed E-state index contributed by atoms with van der Waals surface area (Å²) >= 11 is 0. The van der Waals surface area contributed by atoms with E-state index in [1.165, 1.54) is 0 Å². The molecule has 3 unspecified atom stereocenters. The SMILES string of the molecule is NC1CCCC(C(=O)N2CCCC(CCO)C2)C1. The maximum Gasteiger partial charge on any atom is 0.225 e. The van der Waals surface area contributed by atoms with Gasteiger partial charge >= 0.3 is 0 Å². The van der Waals surface area contributed by atoms with Crippen molar-refractivity contribution in [3.63, 3.8) is 0 Å². The Labute approximate surface area is 110 Å². The quantitative estimate of drug-likeness (QED) is 0.793. The Hall–Kier alpha value is -0.610. The van der Waals surface area contributed by atoms with Crippen LogP contribution < -0.4 is 5.73 Å². The smallest absolute Gasteiger partial charge is 0.225 e. The molecule has 104 valence electrons. The number of rotatable bonds is 3. The zero-order valence-electron chi connectivity index (χ0n) is 11.2. The van der Waals surface area contributed by atoms with Crippen molar-refractivity contribution in [3.05, 3.63) is 0 Å². The summed E-state index contributed by atoms with van der Waals surface area (Å²) in [4.78, 5) is 14.5. The van der Waals surface area contributed by atoms with Gasteiger partial charge in [0.1, 0.15) is 0 Å². The van der Waals surface area contributed by atoms with Gasteiger partial charge in [-0.1, -0.05) is 6.42 Å². The van der Waals surface area contributed by atoms with Crippen molar-refractivity contribution >= 4 is 5.91 Å². The van der Waals surface area contributed by atoms with E-state index >= 15 is 0 Å². The van der Waals surface area contributed by atoms with E-state index in [2.05, 4.69) is 0 Å². The number of hydrogen-bond donors (Lipinski definition) is 2. The second kappa shape index (κ2) is 6.53. The zero-order chi connectivity index (χ0) is 13.0. The lowest BCUT2D eigenvalue weighted by atomic mass is 9.84. The van der Waals surface area contributed by atoms with Crippen LogP contribution >= 0.6 is 0 Å². The van der Waals surface area contributed by atoms with Crippen molar-refractivity contribution < 1.29 is 9.90 Å². The van der Waals surface area contributed by atoms with Crippen LogP contribution in [0.1, 0.15) is 44.9 Å². The van der Waals surface area contributed by atoms with E-state index in [-0.39, 0.29) is 18.6 Å². The number of amides is 1. The summed E-state index contributed by atoms with van der Waals surface area (Å²) in [6.45, 7) is 1.97. The third kappa shape index (κ3) is 3.45. The number of piperidine rings is 1. The minimum absolute atomic E-state index is 0.154. The molecule has 0 spiro atoms. The molecule has 3 atom stereocenters. The van der Waals surface area contributed by atoms with Gasteiger partial charge in [-0.3, -0.25) is 4.79 Å². The first kappa shape index (κ1) is 13.8. The number of nitrogens with two attached hydrogens (primary N) is 1. The lowest BCUT2D eigenvalue weighted by Gasteiger charge is -2.36. The predicted octanol–water partition coefficient (Wildman–Crippen LogP) is 1.12. The third-order valence-corrected chi connectivity index (χ3v) is 4.43. The van der Waals surface area contributed by atoms with Crippen LogP contribution in [0, 0.1) is 11.8 Å². The summed E-state index contributed by atoms with van der Waals surface area (Å²) in [6.07, 6.45) is 7.08. The molecule has 0 bridgehead atoms. The number of carbonyl (C=O) groups excluding carboxylic acids is 1. The van der Waals surface area contributed by atoms with Gasteiger partial charge in [-0.15, -0.1) is 0 Å². The summed E-state index contributed by atoms with van der Waals surface area (Å²) in [6, 6.07) is 0.214. The van der Waals surface area contributed by atoms with Gasteiger partial charge in [0.05, 0.1) is 0 Å². The fourth-order valence-corrected chi connectivity index (χ4v) is 3.39. The van der Waals surface area contributed by atoms with Crippen LogP contribution in [0.2, 0.25) is 0 Å². The topological polar surface area (TPSA) is 66.6 Å². The number of nitrogens with zero attached hydrogens (tertiary/aromatic N) is 1. The number of hydrogen-bond acceptors (Lipinski definition) is 3. The van der Waals surface area contributed by atoms with E-state index in [0.29, 0.717) is 11.8 Å². The maximum absolute atomic E-state index is 12.5. The first-order valence-corrected chi connectivity index (χ1v) is 7.36. The molecular weight excluding hydrogens is 228 g/mol. The number of aliphatic hydroxyl groups excluding tert-OH is 1. The Morgan fingerprint density at radius 1 is 1.28 bits per heavy atom. The molecule has 1 heterocycles. The van der Waals surface area contributed by atoms with E-state index in [1.807, 2.05) is 4.90 Å². The Balaban J connectivity index is 1.87. The van der Waals surface area contributed by atoms with Crippen LogP contribution in [0.25, 0.3) is 0 Å². The van der Waals surface area contributed by atoms with Gasteiger partial charge < -0.3 is 15.7 Å². The minimum Gasteiger partial charge on any atom is -0.396 e. The van der Waals surface area contributed by atoms with Gasteiger partial charge in [0.2, 0.25) is 5.91 Å². The Morgan fingerprint density at radius 2 is 2.11 bits per heavy atom. The Kier molecular flexibility index (Phi) is 5.01. The fraction of sp³-hybridized carbons (Fsp3) is 0.929. The molecule has 1 aliphatic carbocycles. The van der Waals surface area contributed by atoms with E-state index in [1.54, 1.807) is 0 Å². The van der Waals surface area contributed by atoms with Gasteiger partial charge in [0, 0.05) is 31.7 Å². The van der Waals surface area contributed by atoms with Gasteiger partial charge in [-0.05, 0) is 44.4 Å². The molecule has 18 heavy (non-hydrogen) atoms. The molecule has 1 aliphatic heterocycles. The highest BCUT2D eigenvalue weighted by atomic mass is 16.3. The predicted molar refractivity (Wildman–Crippen MR) is 70.9 cm³/mol. The lowest BCUT2D eigenvalue weighted by molar-refractivity contribution is -0.138. The molecule has 0 radical (unpaired) electrons. The molecule has 2 fully saturated rings. The van der Waals surface area contributed by atoms with E-state index in [4.69, 9.17) is 10.8 Å². The Bertz CT molecular complexity index is 281. The first-order chi connectivity index (χ1) is 8.70. The standard InChI is InChI=1S/C14H26N2O2/c15-13-5-1-4-12(9-13)14(18)16-7-2-3-11(10-16)6-8-17/h11-13,17H,1-10,15H2. The molecule has 4 nitrogen and oxygen atoms in total.